The van der Waals surface area contributed by atoms with Crippen molar-refractivity contribution >= 4 is 15.9 Å². The number of halogens is 1. The minimum atomic E-state index is -0.104. The summed E-state index contributed by atoms with van der Waals surface area (Å²) in [6.45, 7) is 2.02. The molecule has 1 unspecified atom stereocenters. The highest BCUT2D eigenvalue weighted by atomic mass is 79.9. The summed E-state index contributed by atoms with van der Waals surface area (Å²) in [6, 6.07) is 3.25. The maximum absolute atomic E-state index is 11.5. The van der Waals surface area contributed by atoms with Crippen LogP contribution in [0.3, 0.4) is 0 Å². The average Bonchev–Trinajstić information content (AvgIpc) is 2.81. The van der Waals surface area contributed by atoms with Crippen LogP contribution in [0, 0.1) is 0 Å². The lowest BCUT2D eigenvalue weighted by Crippen LogP contribution is -2.14. The van der Waals surface area contributed by atoms with Gasteiger partial charge < -0.3 is 8.98 Å². The quantitative estimate of drug-likeness (QED) is 0.816. The second kappa shape index (κ2) is 4.83. The first-order valence-corrected chi connectivity index (χ1v) is 6.18. The van der Waals surface area contributed by atoms with E-state index < -0.39 is 0 Å². The summed E-state index contributed by atoms with van der Waals surface area (Å²) in [7, 11) is 1.69. The number of pyridine rings is 1. The van der Waals surface area contributed by atoms with Gasteiger partial charge in [0.15, 0.2) is 0 Å². The first-order valence-electron chi connectivity index (χ1n) is 5.26. The number of nitrogens with zero attached hydrogens (tertiary/aromatic N) is 3. The van der Waals surface area contributed by atoms with Crippen molar-refractivity contribution in [1.29, 1.82) is 0 Å². The van der Waals surface area contributed by atoms with Crippen LogP contribution in [0.15, 0.2) is 27.5 Å². The van der Waals surface area contributed by atoms with Gasteiger partial charge >= 0.3 is 0 Å². The highest BCUT2D eigenvalue weighted by Gasteiger charge is 2.14. The van der Waals surface area contributed by atoms with E-state index in [4.69, 9.17) is 4.42 Å². The zero-order chi connectivity index (χ0) is 12.4. The second-order valence-electron chi connectivity index (χ2n) is 3.69. The minimum absolute atomic E-state index is 0.0512. The van der Waals surface area contributed by atoms with Crippen LogP contribution in [0.1, 0.15) is 24.1 Å². The van der Waals surface area contributed by atoms with E-state index in [0.29, 0.717) is 17.3 Å². The highest BCUT2D eigenvalue weighted by Crippen LogP contribution is 2.27. The summed E-state index contributed by atoms with van der Waals surface area (Å²) < 4.78 is 6.99. The van der Waals surface area contributed by atoms with Crippen LogP contribution >= 0.6 is 15.9 Å². The molecule has 0 N–H and O–H groups in total. The lowest BCUT2D eigenvalue weighted by atomic mass is 10.3. The fourth-order valence-corrected chi connectivity index (χ4v) is 1.52. The van der Waals surface area contributed by atoms with Crippen molar-refractivity contribution < 1.29 is 4.42 Å². The van der Waals surface area contributed by atoms with E-state index in [1.807, 2.05) is 6.92 Å². The van der Waals surface area contributed by atoms with Gasteiger partial charge in [-0.15, -0.1) is 10.2 Å². The summed E-state index contributed by atoms with van der Waals surface area (Å²) in [5.74, 6) is 0.902. The van der Waals surface area contributed by atoms with Crippen LogP contribution in [0.25, 0.3) is 11.5 Å². The number of aromatic nitrogens is 3. The van der Waals surface area contributed by atoms with Crippen LogP contribution in [0.2, 0.25) is 0 Å². The predicted octanol–water partition coefficient (Wildman–Crippen LogP) is 2.28. The summed E-state index contributed by atoms with van der Waals surface area (Å²) in [6.07, 6.45) is 2.53. The lowest BCUT2D eigenvalue weighted by Gasteiger charge is -1.99. The summed E-state index contributed by atoms with van der Waals surface area (Å²) >= 11 is 3.43. The van der Waals surface area contributed by atoms with E-state index in [1.165, 1.54) is 10.6 Å². The van der Waals surface area contributed by atoms with Gasteiger partial charge in [0.05, 0.1) is 4.83 Å². The summed E-state index contributed by atoms with van der Waals surface area (Å²) in [4.78, 5) is 11.5. The third-order valence-electron chi connectivity index (χ3n) is 2.42. The molecule has 2 rings (SSSR count). The standard InChI is InChI=1S/C11H12BrN3O2/c1-3-8(12)11-14-13-10(17-11)7-4-5-15(2)9(16)6-7/h4-6,8H,3H2,1-2H3. The molecular formula is C11H12BrN3O2. The Hall–Kier alpha value is -1.43. The molecule has 2 heterocycles. The predicted molar refractivity (Wildman–Crippen MR) is 66.9 cm³/mol. The second-order valence-corrected chi connectivity index (χ2v) is 4.79. The van der Waals surface area contributed by atoms with Crippen molar-refractivity contribution in [2.45, 2.75) is 18.2 Å². The van der Waals surface area contributed by atoms with Crippen LogP contribution in [0.5, 0.6) is 0 Å². The molecular weight excluding hydrogens is 286 g/mol. The molecule has 0 aliphatic rings. The molecule has 0 amide bonds. The van der Waals surface area contributed by atoms with Crippen molar-refractivity contribution in [3.63, 3.8) is 0 Å². The maximum atomic E-state index is 11.5. The van der Waals surface area contributed by atoms with Gasteiger partial charge in [0.2, 0.25) is 11.8 Å². The fourth-order valence-electron chi connectivity index (χ4n) is 1.33. The molecule has 0 radical (unpaired) electrons. The van der Waals surface area contributed by atoms with Crippen molar-refractivity contribution in [2.24, 2.45) is 7.05 Å². The molecule has 6 heteroatoms. The third-order valence-corrected chi connectivity index (χ3v) is 3.46. The molecule has 0 aromatic carbocycles. The van der Waals surface area contributed by atoms with Crippen molar-refractivity contribution in [3.05, 3.63) is 34.6 Å². The van der Waals surface area contributed by atoms with Crippen molar-refractivity contribution in [1.82, 2.24) is 14.8 Å². The zero-order valence-corrected chi connectivity index (χ0v) is 11.1. The molecule has 0 aliphatic carbocycles. The molecule has 5 nitrogen and oxygen atoms in total. The first-order chi connectivity index (χ1) is 8.11. The zero-order valence-electron chi connectivity index (χ0n) is 9.55. The summed E-state index contributed by atoms with van der Waals surface area (Å²) in [5, 5.41) is 7.87. The minimum Gasteiger partial charge on any atom is -0.419 e. The largest absolute Gasteiger partial charge is 0.419 e. The van der Waals surface area contributed by atoms with Gasteiger partial charge in [0, 0.05) is 24.9 Å². The Morgan fingerprint density at radius 2 is 2.29 bits per heavy atom. The molecule has 17 heavy (non-hydrogen) atoms. The Labute approximate surface area is 107 Å². The normalized spacial score (nSPS) is 12.6. The molecule has 0 spiro atoms. The smallest absolute Gasteiger partial charge is 0.251 e. The van der Waals surface area contributed by atoms with Crippen molar-refractivity contribution in [2.75, 3.05) is 0 Å². The van der Waals surface area contributed by atoms with Crippen LogP contribution in [0.4, 0.5) is 0 Å². The van der Waals surface area contributed by atoms with Gasteiger partial charge in [0.1, 0.15) is 0 Å². The van der Waals surface area contributed by atoms with E-state index in [-0.39, 0.29) is 10.4 Å². The van der Waals surface area contributed by atoms with Gasteiger partial charge in [-0.3, -0.25) is 4.79 Å². The van der Waals surface area contributed by atoms with E-state index in [1.54, 1.807) is 19.3 Å². The molecule has 1 atom stereocenters. The molecule has 0 bridgehead atoms. The molecule has 0 saturated heterocycles. The molecule has 2 aromatic rings. The number of hydrogen-bond acceptors (Lipinski definition) is 4. The lowest BCUT2D eigenvalue weighted by molar-refractivity contribution is 0.500. The Morgan fingerprint density at radius 3 is 2.94 bits per heavy atom. The molecule has 90 valence electrons. The molecule has 0 fully saturated rings. The van der Waals surface area contributed by atoms with E-state index in [2.05, 4.69) is 26.1 Å². The molecule has 0 saturated carbocycles. The molecule has 2 aromatic heterocycles. The molecule has 0 aliphatic heterocycles. The van der Waals surface area contributed by atoms with E-state index in [9.17, 15) is 4.79 Å². The van der Waals surface area contributed by atoms with Crippen LogP contribution in [-0.2, 0) is 7.05 Å². The van der Waals surface area contributed by atoms with Gasteiger partial charge in [-0.05, 0) is 12.5 Å². The highest BCUT2D eigenvalue weighted by molar-refractivity contribution is 9.09. The summed E-state index contributed by atoms with van der Waals surface area (Å²) in [5.41, 5.74) is 0.538. The van der Waals surface area contributed by atoms with E-state index >= 15 is 0 Å². The van der Waals surface area contributed by atoms with Crippen molar-refractivity contribution in [3.8, 4) is 11.5 Å². The maximum Gasteiger partial charge on any atom is 0.251 e. The van der Waals surface area contributed by atoms with Gasteiger partial charge in [-0.1, -0.05) is 22.9 Å². The Morgan fingerprint density at radius 1 is 1.53 bits per heavy atom. The van der Waals surface area contributed by atoms with Gasteiger partial charge in [0.25, 0.3) is 5.56 Å². The monoisotopic (exact) mass is 297 g/mol. The first kappa shape index (κ1) is 12.0. The third kappa shape index (κ3) is 2.46. The Balaban J connectivity index is 2.37. The topological polar surface area (TPSA) is 60.9 Å². The number of aryl methyl sites for hydroxylation is 1. The fraction of sp³-hybridized carbons (Fsp3) is 0.364. The SMILES string of the molecule is CCC(Br)c1nnc(-c2ccn(C)c(=O)c2)o1. The number of rotatable bonds is 3. The Bertz CT molecular complexity index is 576. The Kier molecular flexibility index (Phi) is 3.42. The van der Waals surface area contributed by atoms with Crippen LogP contribution < -0.4 is 5.56 Å². The van der Waals surface area contributed by atoms with Gasteiger partial charge in [-0.25, -0.2) is 0 Å². The van der Waals surface area contributed by atoms with Crippen LogP contribution in [-0.4, -0.2) is 14.8 Å². The van der Waals surface area contributed by atoms with E-state index in [0.717, 1.165) is 6.42 Å². The number of hydrogen-bond donors (Lipinski definition) is 0. The average molecular weight is 298 g/mol. The van der Waals surface area contributed by atoms with Gasteiger partial charge in [-0.2, -0.15) is 0 Å². The number of alkyl halides is 1.